The molecule has 7 nitrogen and oxygen atoms in total. The van der Waals surface area contributed by atoms with Crippen LogP contribution in [0.5, 0.6) is 5.75 Å². The van der Waals surface area contributed by atoms with Gasteiger partial charge in [-0.05, 0) is 42.5 Å². The van der Waals surface area contributed by atoms with Gasteiger partial charge in [0.1, 0.15) is 24.0 Å². The first-order valence-corrected chi connectivity index (χ1v) is 11.8. The van der Waals surface area contributed by atoms with Gasteiger partial charge in [-0.15, -0.1) is 0 Å². The van der Waals surface area contributed by atoms with Gasteiger partial charge >= 0.3 is 17.7 Å². The Morgan fingerprint density at radius 1 is 1.00 bits per heavy atom. The van der Waals surface area contributed by atoms with Crippen LogP contribution in [0.2, 0.25) is 0 Å². The summed E-state index contributed by atoms with van der Waals surface area (Å²) >= 11 is 0. The van der Waals surface area contributed by atoms with E-state index >= 15 is 0 Å². The topological polar surface area (TPSA) is 94.8 Å². The Kier molecular flexibility index (Phi) is 9.26. The number of nitrogens with one attached hydrogen (secondary N) is 1. The Bertz CT molecular complexity index is 1150. The predicted molar refractivity (Wildman–Crippen MR) is 130 cm³/mol. The van der Waals surface area contributed by atoms with Gasteiger partial charge in [-0.3, -0.25) is 0 Å². The fourth-order valence-electron chi connectivity index (χ4n) is 3.60. The number of aryl methyl sites for hydroxylation is 1. The average molecular weight is 466 g/mol. The number of amides is 1. The fourth-order valence-corrected chi connectivity index (χ4v) is 3.60. The quantitative estimate of drug-likeness (QED) is 0.227. The molecule has 0 radical (unpaired) electrons. The van der Waals surface area contributed by atoms with Crippen molar-refractivity contribution in [3.05, 3.63) is 76.1 Å². The van der Waals surface area contributed by atoms with Crippen LogP contribution in [0.15, 0.2) is 63.8 Å². The molecule has 0 bridgehead atoms. The van der Waals surface area contributed by atoms with Crippen molar-refractivity contribution in [3.63, 3.8) is 0 Å². The first-order chi connectivity index (χ1) is 16.5. The molecule has 2 aromatic carbocycles. The molecular weight excluding hydrogens is 434 g/mol. The summed E-state index contributed by atoms with van der Waals surface area (Å²) in [5.74, 6) is -0.358. The molecule has 0 aliphatic heterocycles. The number of rotatable bonds is 11. The van der Waals surface area contributed by atoms with Crippen LogP contribution in [0.4, 0.5) is 4.79 Å². The van der Waals surface area contributed by atoms with Crippen molar-refractivity contribution in [2.75, 3.05) is 0 Å². The molecule has 0 aliphatic carbocycles. The van der Waals surface area contributed by atoms with Crippen molar-refractivity contribution in [2.45, 2.75) is 65.0 Å². The summed E-state index contributed by atoms with van der Waals surface area (Å²) in [6, 6.07) is 14.9. The van der Waals surface area contributed by atoms with Crippen molar-refractivity contribution >= 4 is 23.0 Å². The number of carbonyl (C=O) groups is 2. The van der Waals surface area contributed by atoms with Crippen molar-refractivity contribution < 1.29 is 23.5 Å². The lowest BCUT2D eigenvalue weighted by molar-refractivity contribution is -0.136. The fraction of sp³-hybridized carbons (Fsp3) is 0.370. The third-order valence-electron chi connectivity index (χ3n) is 5.46. The third-order valence-corrected chi connectivity index (χ3v) is 5.46. The predicted octanol–water partition coefficient (Wildman–Crippen LogP) is 5.53. The third kappa shape index (κ3) is 7.20. The maximum atomic E-state index is 12.9. The second-order valence-electron chi connectivity index (χ2n) is 8.17. The number of carbonyl (C=O) groups excluding carboxylic acids is 2. The molecule has 7 heteroatoms. The molecular formula is C27H31NO6. The summed E-state index contributed by atoms with van der Waals surface area (Å²) in [5.41, 5.74) is 1.69. The lowest BCUT2D eigenvalue weighted by Gasteiger charge is -2.17. The zero-order chi connectivity index (χ0) is 24.3. The maximum Gasteiger partial charge on any atom is 0.408 e. The highest BCUT2D eigenvalue weighted by Crippen LogP contribution is 2.24. The molecule has 1 heterocycles. The first kappa shape index (κ1) is 25.0. The SMILES string of the molecule is CCCCc1cc(=O)oc2cc(OC(=O)[C@@H](CCCC)NC(=O)OCc3ccccc3)ccc12. The van der Waals surface area contributed by atoms with Gasteiger partial charge in [0.15, 0.2) is 0 Å². The summed E-state index contributed by atoms with van der Waals surface area (Å²) in [6.07, 6.45) is 4.05. The minimum absolute atomic E-state index is 0.103. The van der Waals surface area contributed by atoms with Gasteiger partial charge in [-0.1, -0.05) is 63.4 Å². The number of esters is 1. The minimum atomic E-state index is -0.859. The van der Waals surface area contributed by atoms with Crippen molar-refractivity contribution in [3.8, 4) is 5.75 Å². The smallest absolute Gasteiger partial charge is 0.408 e. The Morgan fingerprint density at radius 3 is 2.50 bits per heavy atom. The minimum Gasteiger partial charge on any atom is -0.445 e. The van der Waals surface area contributed by atoms with E-state index in [0.29, 0.717) is 12.0 Å². The number of alkyl carbamates (subject to hydrolysis) is 1. The van der Waals surface area contributed by atoms with Gasteiger partial charge < -0.3 is 19.2 Å². The highest BCUT2D eigenvalue weighted by Gasteiger charge is 2.23. The standard InChI is InChI=1S/C27H31NO6/c1-3-5-12-20-16-25(29)34-24-17-21(14-15-22(20)24)33-26(30)23(13-6-4-2)28-27(31)32-18-19-10-8-7-9-11-19/h7-11,14-17,23H,3-6,12-13,18H2,1-2H3,(H,28,31)/t23-/m1/s1. The van der Waals surface area contributed by atoms with Gasteiger partial charge in [0.2, 0.25) is 0 Å². The number of benzene rings is 2. The highest BCUT2D eigenvalue weighted by atomic mass is 16.6. The van der Waals surface area contributed by atoms with E-state index in [4.69, 9.17) is 13.9 Å². The van der Waals surface area contributed by atoms with Crippen LogP contribution in [0.25, 0.3) is 11.0 Å². The van der Waals surface area contributed by atoms with E-state index in [2.05, 4.69) is 12.2 Å². The van der Waals surface area contributed by atoms with Crippen LogP contribution in [0.1, 0.15) is 57.1 Å². The lowest BCUT2D eigenvalue weighted by atomic mass is 10.0. The monoisotopic (exact) mass is 465 g/mol. The summed E-state index contributed by atoms with van der Waals surface area (Å²) in [4.78, 5) is 37.1. The number of hydrogen-bond acceptors (Lipinski definition) is 6. The Morgan fingerprint density at radius 2 is 1.76 bits per heavy atom. The summed E-state index contributed by atoms with van der Waals surface area (Å²) in [5, 5.41) is 3.43. The molecule has 3 aromatic rings. The van der Waals surface area contributed by atoms with Gasteiger partial charge in [0.05, 0.1) is 0 Å². The molecule has 1 amide bonds. The zero-order valence-corrected chi connectivity index (χ0v) is 19.7. The second kappa shape index (κ2) is 12.6. The molecule has 0 fully saturated rings. The van der Waals surface area contributed by atoms with E-state index in [0.717, 1.165) is 48.6 Å². The second-order valence-corrected chi connectivity index (χ2v) is 8.17. The molecule has 34 heavy (non-hydrogen) atoms. The van der Waals surface area contributed by atoms with E-state index in [9.17, 15) is 14.4 Å². The van der Waals surface area contributed by atoms with E-state index < -0.39 is 23.7 Å². The normalized spacial score (nSPS) is 11.7. The van der Waals surface area contributed by atoms with Crippen LogP contribution < -0.4 is 15.7 Å². The van der Waals surface area contributed by atoms with E-state index in [1.165, 1.54) is 12.1 Å². The van der Waals surface area contributed by atoms with Gasteiger partial charge in [-0.25, -0.2) is 14.4 Å². The van der Waals surface area contributed by atoms with Gasteiger partial charge in [0, 0.05) is 17.5 Å². The number of hydrogen-bond donors (Lipinski definition) is 1. The molecule has 1 aromatic heterocycles. The van der Waals surface area contributed by atoms with Crippen LogP contribution in [0, 0.1) is 0 Å². The molecule has 3 rings (SSSR count). The van der Waals surface area contributed by atoms with Crippen LogP contribution in [-0.4, -0.2) is 18.1 Å². The molecule has 180 valence electrons. The van der Waals surface area contributed by atoms with Gasteiger partial charge in [0.25, 0.3) is 0 Å². The maximum absolute atomic E-state index is 12.9. The number of fused-ring (bicyclic) bond motifs is 1. The van der Waals surface area contributed by atoms with Crippen molar-refractivity contribution in [1.82, 2.24) is 5.32 Å². The average Bonchev–Trinajstić information content (AvgIpc) is 2.84. The largest absolute Gasteiger partial charge is 0.445 e. The number of unbranched alkanes of at least 4 members (excludes halogenated alkanes) is 2. The highest BCUT2D eigenvalue weighted by molar-refractivity contribution is 5.85. The Labute approximate surface area is 199 Å². The first-order valence-electron chi connectivity index (χ1n) is 11.8. The summed E-state index contributed by atoms with van der Waals surface area (Å²) in [6.45, 7) is 4.19. The van der Waals surface area contributed by atoms with E-state index in [1.807, 2.05) is 37.3 Å². The number of ether oxygens (including phenoxy) is 2. The van der Waals surface area contributed by atoms with Crippen molar-refractivity contribution in [1.29, 1.82) is 0 Å². The molecule has 1 N–H and O–H groups in total. The lowest BCUT2D eigenvalue weighted by Crippen LogP contribution is -2.43. The Hall–Kier alpha value is -3.61. The summed E-state index contributed by atoms with van der Waals surface area (Å²) < 4.78 is 16.1. The Balaban J connectivity index is 1.69. The van der Waals surface area contributed by atoms with Crippen LogP contribution in [-0.2, 0) is 22.6 Å². The zero-order valence-electron chi connectivity index (χ0n) is 19.7. The molecule has 0 unspecified atom stereocenters. The molecule has 1 atom stereocenters. The van der Waals surface area contributed by atoms with E-state index in [-0.39, 0.29) is 12.4 Å². The molecule has 0 spiro atoms. The van der Waals surface area contributed by atoms with E-state index in [1.54, 1.807) is 12.1 Å². The van der Waals surface area contributed by atoms with Crippen LogP contribution in [0.3, 0.4) is 0 Å². The van der Waals surface area contributed by atoms with Gasteiger partial charge in [-0.2, -0.15) is 0 Å². The van der Waals surface area contributed by atoms with Crippen LogP contribution >= 0.6 is 0 Å². The van der Waals surface area contributed by atoms with Crippen molar-refractivity contribution in [2.24, 2.45) is 0 Å². The summed E-state index contributed by atoms with van der Waals surface area (Å²) in [7, 11) is 0. The molecule has 0 aliphatic rings. The molecule has 0 saturated heterocycles. The molecule has 0 saturated carbocycles.